The van der Waals surface area contributed by atoms with Crippen molar-refractivity contribution in [1.29, 1.82) is 0 Å². The number of hydrogen-bond acceptors (Lipinski definition) is 0. The van der Waals surface area contributed by atoms with E-state index >= 15 is 0 Å². The Hall–Kier alpha value is -1.34. The Morgan fingerprint density at radius 3 is 2.53 bits per heavy atom. The Morgan fingerprint density at radius 2 is 1.71 bits per heavy atom. The van der Waals surface area contributed by atoms with Crippen molar-refractivity contribution in [2.45, 2.75) is 19.4 Å². The molecular weight excluding hydrogens is 220 g/mol. The molecule has 17 heavy (non-hydrogen) atoms. The smallest absolute Gasteiger partial charge is 0.0623 e. The van der Waals surface area contributed by atoms with E-state index in [1.54, 1.807) is 21.9 Å². The maximum Gasteiger partial charge on any atom is 0.112 e. The van der Waals surface area contributed by atoms with E-state index in [9.17, 15) is 0 Å². The molecule has 2 heterocycles. The van der Waals surface area contributed by atoms with Gasteiger partial charge in [-0.15, -0.1) is 0 Å². The molecule has 2 aromatic rings. The molecule has 1 radical (unpaired) electrons. The second kappa shape index (κ2) is 3.11. The molecular formula is C16H15Si. The number of benzene rings is 2. The van der Waals surface area contributed by atoms with Crippen molar-refractivity contribution in [3.8, 4) is 11.1 Å². The lowest BCUT2D eigenvalue weighted by molar-refractivity contribution is 0.891. The summed E-state index contributed by atoms with van der Waals surface area (Å²) in [5, 5.41) is 3.41. The first-order valence-corrected chi connectivity index (χ1v) is 8.13. The van der Waals surface area contributed by atoms with Crippen LogP contribution in [-0.2, 0) is 0 Å². The van der Waals surface area contributed by atoms with Crippen molar-refractivity contribution in [1.82, 2.24) is 0 Å². The molecule has 2 aliphatic heterocycles. The Bertz CT molecular complexity index is 613. The molecule has 2 aliphatic rings. The predicted molar refractivity (Wildman–Crippen MR) is 75.6 cm³/mol. The van der Waals surface area contributed by atoms with Gasteiger partial charge in [-0.1, -0.05) is 56.3 Å². The Labute approximate surface area is 104 Å². The molecule has 2 unspecified atom stereocenters. The van der Waals surface area contributed by atoms with E-state index < -0.39 is 8.80 Å². The van der Waals surface area contributed by atoms with Gasteiger partial charge in [0.15, 0.2) is 0 Å². The Balaban J connectivity index is 2.03. The van der Waals surface area contributed by atoms with Crippen LogP contribution in [0.5, 0.6) is 0 Å². The summed E-state index contributed by atoms with van der Waals surface area (Å²) in [6, 6.07) is 15.9. The molecule has 0 aromatic heterocycles. The first-order valence-electron chi connectivity index (χ1n) is 6.31. The second-order valence-corrected chi connectivity index (χ2v) is 8.25. The highest BCUT2D eigenvalue weighted by atomic mass is 28.3. The topological polar surface area (TPSA) is 0 Å². The van der Waals surface area contributed by atoms with Crippen LogP contribution in [-0.4, -0.2) is 8.80 Å². The fraction of sp³-hybridized carbons (Fsp3) is 0.188. The molecule has 2 atom stereocenters. The van der Waals surface area contributed by atoms with Crippen molar-refractivity contribution >= 4 is 19.2 Å². The van der Waals surface area contributed by atoms with Crippen molar-refractivity contribution in [2.75, 3.05) is 0 Å². The van der Waals surface area contributed by atoms with Gasteiger partial charge in [-0.2, -0.15) is 0 Å². The van der Waals surface area contributed by atoms with Crippen LogP contribution in [0.25, 0.3) is 11.1 Å². The lowest BCUT2D eigenvalue weighted by Gasteiger charge is -2.39. The first kappa shape index (κ1) is 9.66. The highest BCUT2D eigenvalue weighted by Gasteiger charge is 2.47. The molecule has 83 valence electrons. The quantitative estimate of drug-likeness (QED) is 0.665. The summed E-state index contributed by atoms with van der Waals surface area (Å²) in [6.07, 6.45) is 0. The van der Waals surface area contributed by atoms with Crippen molar-refractivity contribution in [3.05, 3.63) is 53.9 Å². The molecule has 1 heteroatoms. The summed E-state index contributed by atoms with van der Waals surface area (Å²) in [6.45, 7) is 4.60. The fourth-order valence-electron chi connectivity index (χ4n) is 3.68. The summed E-state index contributed by atoms with van der Waals surface area (Å²) < 4.78 is 0. The van der Waals surface area contributed by atoms with Crippen molar-refractivity contribution in [2.24, 2.45) is 0 Å². The summed E-state index contributed by atoms with van der Waals surface area (Å²) in [5.74, 6) is 1.60. The lowest BCUT2D eigenvalue weighted by atomic mass is 9.96. The minimum Gasteiger partial charge on any atom is -0.0623 e. The van der Waals surface area contributed by atoms with Gasteiger partial charge in [-0.25, -0.2) is 0 Å². The van der Waals surface area contributed by atoms with E-state index in [-0.39, 0.29) is 0 Å². The van der Waals surface area contributed by atoms with E-state index in [1.807, 2.05) is 0 Å². The molecule has 4 rings (SSSR count). The van der Waals surface area contributed by atoms with Crippen LogP contribution in [0.2, 0.25) is 0 Å². The second-order valence-electron chi connectivity index (χ2n) is 5.43. The largest absolute Gasteiger partial charge is 0.112 e. The third kappa shape index (κ3) is 1.03. The van der Waals surface area contributed by atoms with Crippen LogP contribution in [0.1, 0.15) is 25.0 Å². The predicted octanol–water partition coefficient (Wildman–Crippen LogP) is 2.26. The van der Waals surface area contributed by atoms with Crippen LogP contribution in [0.3, 0.4) is 0 Å². The fourth-order valence-corrected chi connectivity index (χ4v) is 7.84. The molecule has 0 N–H and O–H groups in total. The Kier molecular flexibility index (Phi) is 1.77. The van der Waals surface area contributed by atoms with E-state index in [4.69, 9.17) is 0 Å². The average molecular weight is 235 g/mol. The zero-order chi connectivity index (χ0) is 11.6. The van der Waals surface area contributed by atoms with Gasteiger partial charge in [0.25, 0.3) is 0 Å². The van der Waals surface area contributed by atoms with Gasteiger partial charge in [-0.3, -0.25) is 0 Å². The van der Waals surface area contributed by atoms with E-state index in [1.165, 1.54) is 11.1 Å². The normalized spacial score (nSPS) is 23.2. The van der Waals surface area contributed by atoms with E-state index in [0.717, 1.165) is 5.54 Å². The van der Waals surface area contributed by atoms with Crippen LogP contribution in [0.15, 0.2) is 42.5 Å². The highest BCUT2D eigenvalue weighted by Crippen LogP contribution is 2.42. The zero-order valence-electron chi connectivity index (χ0n) is 10.2. The molecule has 2 aromatic carbocycles. The van der Waals surface area contributed by atoms with Crippen LogP contribution < -0.4 is 10.4 Å². The summed E-state index contributed by atoms with van der Waals surface area (Å²) in [4.78, 5) is 0. The minimum atomic E-state index is -0.893. The molecule has 0 saturated carbocycles. The summed E-state index contributed by atoms with van der Waals surface area (Å²) in [7, 11) is -0.893. The number of hydrogen-bond donors (Lipinski definition) is 0. The molecule has 0 aliphatic carbocycles. The van der Waals surface area contributed by atoms with Gasteiger partial charge in [0.1, 0.15) is 8.80 Å². The van der Waals surface area contributed by atoms with Crippen molar-refractivity contribution in [3.63, 3.8) is 0 Å². The third-order valence-electron chi connectivity index (χ3n) is 4.33. The standard InChI is InChI=1S/C16H15Si/c1-10(2)15-13-8-5-7-12-11-6-3-4-9-14(11)17(15)16(12)13/h3-9,15,17H,1-2H3. The van der Waals surface area contributed by atoms with Gasteiger partial charge in [0.05, 0.1) is 0 Å². The molecule has 0 bridgehead atoms. The van der Waals surface area contributed by atoms with Crippen LogP contribution >= 0.6 is 0 Å². The molecule has 0 saturated heterocycles. The first-order chi connectivity index (χ1) is 8.29. The molecule has 0 amide bonds. The zero-order valence-corrected chi connectivity index (χ0v) is 11.4. The molecule has 0 spiro atoms. The van der Waals surface area contributed by atoms with Crippen LogP contribution in [0.4, 0.5) is 0 Å². The van der Waals surface area contributed by atoms with Crippen molar-refractivity contribution < 1.29 is 0 Å². The maximum absolute atomic E-state index is 2.37. The number of fused-ring (bicyclic) bond motifs is 3. The average Bonchev–Trinajstić information content (AvgIpc) is 2.60. The van der Waals surface area contributed by atoms with Gasteiger partial charge in [0.2, 0.25) is 0 Å². The Morgan fingerprint density at radius 1 is 0.941 bits per heavy atom. The van der Waals surface area contributed by atoms with Gasteiger partial charge >= 0.3 is 0 Å². The minimum absolute atomic E-state index is 0.786. The van der Waals surface area contributed by atoms with E-state index in [0.29, 0.717) is 0 Å². The van der Waals surface area contributed by atoms with Gasteiger partial charge in [0, 0.05) is 0 Å². The molecule has 0 nitrogen and oxygen atoms in total. The van der Waals surface area contributed by atoms with E-state index in [2.05, 4.69) is 56.3 Å². The van der Waals surface area contributed by atoms with Gasteiger partial charge in [-0.05, 0) is 38.5 Å². The summed E-state index contributed by atoms with van der Waals surface area (Å²) in [5.41, 5.74) is 5.46. The monoisotopic (exact) mass is 235 g/mol. The summed E-state index contributed by atoms with van der Waals surface area (Å²) >= 11 is 0. The van der Waals surface area contributed by atoms with Gasteiger partial charge < -0.3 is 0 Å². The number of rotatable bonds is 1. The maximum atomic E-state index is 2.37. The molecule has 0 fully saturated rings. The SMILES string of the molecule is C[C](C)C1c2cccc3c2[SiH]1c1ccccc1-3. The third-order valence-corrected chi connectivity index (χ3v) is 8.46. The lowest BCUT2D eigenvalue weighted by Crippen LogP contribution is -2.56. The highest BCUT2D eigenvalue weighted by molar-refractivity contribution is 6.94. The van der Waals surface area contributed by atoms with Crippen LogP contribution in [0, 0.1) is 5.92 Å².